The van der Waals surface area contributed by atoms with E-state index in [4.69, 9.17) is 4.74 Å². The van der Waals surface area contributed by atoms with Gasteiger partial charge in [0.15, 0.2) is 0 Å². The smallest absolute Gasteiger partial charge is 0.251 e. The van der Waals surface area contributed by atoms with Crippen molar-refractivity contribution >= 4 is 5.91 Å². The van der Waals surface area contributed by atoms with Gasteiger partial charge in [-0.1, -0.05) is 36.4 Å². The summed E-state index contributed by atoms with van der Waals surface area (Å²) < 4.78 is 5.75. The highest BCUT2D eigenvalue weighted by Gasteiger charge is 2.25. The van der Waals surface area contributed by atoms with Crippen LogP contribution >= 0.6 is 0 Å². The molecule has 2 unspecified atom stereocenters. The quantitative estimate of drug-likeness (QED) is 0.754. The lowest BCUT2D eigenvalue weighted by Gasteiger charge is -2.14. The molecule has 0 saturated carbocycles. The predicted molar refractivity (Wildman–Crippen MR) is 91.9 cm³/mol. The molecule has 1 aliphatic rings. The number of ether oxygens (including phenoxy) is 1. The monoisotopic (exact) mass is 326 g/mol. The summed E-state index contributed by atoms with van der Waals surface area (Å²) in [5, 5.41) is 15.7. The molecule has 3 N–H and O–H groups in total. The third-order valence-electron chi connectivity index (χ3n) is 4.17. The van der Waals surface area contributed by atoms with Crippen molar-refractivity contribution in [3.63, 3.8) is 0 Å². The molecule has 2 aromatic carbocycles. The number of aliphatic hydroxyl groups is 1. The van der Waals surface area contributed by atoms with Crippen molar-refractivity contribution in [2.24, 2.45) is 5.92 Å². The zero-order chi connectivity index (χ0) is 16.8. The summed E-state index contributed by atoms with van der Waals surface area (Å²) in [5.74, 6) is 0.569. The van der Waals surface area contributed by atoms with Crippen LogP contribution in [0.3, 0.4) is 0 Å². The second-order valence-corrected chi connectivity index (χ2v) is 6.00. The highest BCUT2D eigenvalue weighted by molar-refractivity contribution is 5.94. The first-order valence-electron chi connectivity index (χ1n) is 8.16. The molecule has 2 aromatic rings. The summed E-state index contributed by atoms with van der Waals surface area (Å²) in [4.78, 5) is 12.3. The highest BCUT2D eigenvalue weighted by atomic mass is 16.5. The molecule has 1 amide bonds. The van der Waals surface area contributed by atoms with Crippen LogP contribution in [0.1, 0.15) is 15.9 Å². The SMILES string of the molecule is O=C(NCC1CNCC1O)c1cccc(OCc2ccccc2)c1. The predicted octanol–water partition coefficient (Wildman–Crippen LogP) is 1.58. The first-order chi connectivity index (χ1) is 11.7. The van der Waals surface area contributed by atoms with E-state index in [2.05, 4.69) is 10.6 Å². The van der Waals surface area contributed by atoms with Gasteiger partial charge in [0.25, 0.3) is 5.91 Å². The van der Waals surface area contributed by atoms with E-state index in [9.17, 15) is 9.90 Å². The summed E-state index contributed by atoms with van der Waals surface area (Å²) in [7, 11) is 0. The fraction of sp³-hybridized carbons (Fsp3) is 0.316. The third kappa shape index (κ3) is 4.34. The normalized spacial score (nSPS) is 19.9. The van der Waals surface area contributed by atoms with E-state index < -0.39 is 6.10 Å². The maximum Gasteiger partial charge on any atom is 0.251 e. The van der Waals surface area contributed by atoms with Gasteiger partial charge in [0.2, 0.25) is 0 Å². The minimum Gasteiger partial charge on any atom is -0.489 e. The molecule has 1 aliphatic heterocycles. The molecule has 1 fully saturated rings. The van der Waals surface area contributed by atoms with E-state index in [0.717, 1.165) is 12.1 Å². The van der Waals surface area contributed by atoms with Crippen LogP contribution in [0.4, 0.5) is 0 Å². The molecule has 3 rings (SSSR count). The molecule has 0 bridgehead atoms. The van der Waals surface area contributed by atoms with Crippen LogP contribution in [0, 0.1) is 5.92 Å². The number of benzene rings is 2. The Kier molecular flexibility index (Phi) is 5.46. The molecule has 1 heterocycles. The Hall–Kier alpha value is -2.37. The lowest BCUT2D eigenvalue weighted by atomic mass is 10.1. The van der Waals surface area contributed by atoms with Crippen LogP contribution in [0.15, 0.2) is 54.6 Å². The van der Waals surface area contributed by atoms with Crippen LogP contribution in [0.2, 0.25) is 0 Å². The topological polar surface area (TPSA) is 70.6 Å². The molecule has 0 aliphatic carbocycles. The zero-order valence-corrected chi connectivity index (χ0v) is 13.4. The van der Waals surface area contributed by atoms with E-state index >= 15 is 0 Å². The van der Waals surface area contributed by atoms with Crippen LogP contribution < -0.4 is 15.4 Å². The van der Waals surface area contributed by atoms with Gasteiger partial charge in [-0.15, -0.1) is 0 Å². The lowest BCUT2D eigenvalue weighted by Crippen LogP contribution is -2.34. The number of carbonyl (C=O) groups excluding carboxylic acids is 1. The molecule has 2 atom stereocenters. The second kappa shape index (κ2) is 7.95. The van der Waals surface area contributed by atoms with E-state index in [0.29, 0.717) is 31.0 Å². The van der Waals surface area contributed by atoms with E-state index in [1.165, 1.54) is 0 Å². The number of aliphatic hydroxyl groups excluding tert-OH is 1. The Bertz CT molecular complexity index is 675. The summed E-state index contributed by atoms with van der Waals surface area (Å²) in [5.41, 5.74) is 1.64. The molecular formula is C19H22N2O3. The van der Waals surface area contributed by atoms with Crippen molar-refractivity contribution in [2.45, 2.75) is 12.7 Å². The minimum absolute atomic E-state index is 0.0615. The molecule has 0 aromatic heterocycles. The summed E-state index contributed by atoms with van der Waals surface area (Å²) in [6, 6.07) is 17.0. The average molecular weight is 326 g/mol. The van der Waals surface area contributed by atoms with Crippen molar-refractivity contribution in [1.29, 1.82) is 0 Å². The largest absolute Gasteiger partial charge is 0.489 e. The van der Waals surface area contributed by atoms with Gasteiger partial charge >= 0.3 is 0 Å². The Morgan fingerprint density at radius 3 is 2.75 bits per heavy atom. The van der Waals surface area contributed by atoms with Gasteiger partial charge in [-0.05, 0) is 23.8 Å². The minimum atomic E-state index is -0.397. The first-order valence-corrected chi connectivity index (χ1v) is 8.16. The van der Waals surface area contributed by atoms with Gasteiger partial charge < -0.3 is 20.5 Å². The first kappa shape index (κ1) is 16.5. The Morgan fingerprint density at radius 1 is 1.17 bits per heavy atom. The molecule has 5 nitrogen and oxygen atoms in total. The van der Waals surface area contributed by atoms with E-state index in [1.807, 2.05) is 36.4 Å². The number of rotatable bonds is 6. The van der Waals surface area contributed by atoms with Gasteiger partial charge in [0.05, 0.1) is 6.10 Å². The highest BCUT2D eigenvalue weighted by Crippen LogP contribution is 2.15. The van der Waals surface area contributed by atoms with Crippen molar-refractivity contribution in [2.75, 3.05) is 19.6 Å². The molecule has 0 radical (unpaired) electrons. The Morgan fingerprint density at radius 2 is 2.00 bits per heavy atom. The molecular weight excluding hydrogens is 304 g/mol. The van der Waals surface area contributed by atoms with Crippen LogP contribution in [-0.2, 0) is 6.61 Å². The fourth-order valence-corrected chi connectivity index (χ4v) is 2.72. The summed E-state index contributed by atoms with van der Waals surface area (Å²) in [6.07, 6.45) is -0.397. The fourth-order valence-electron chi connectivity index (χ4n) is 2.72. The van der Waals surface area contributed by atoms with Gasteiger partial charge in [0.1, 0.15) is 12.4 Å². The van der Waals surface area contributed by atoms with Gasteiger partial charge in [0, 0.05) is 31.1 Å². The van der Waals surface area contributed by atoms with Crippen LogP contribution in [0.5, 0.6) is 5.75 Å². The molecule has 24 heavy (non-hydrogen) atoms. The summed E-state index contributed by atoms with van der Waals surface area (Å²) >= 11 is 0. The maximum atomic E-state index is 12.3. The number of carbonyl (C=O) groups is 1. The molecule has 1 saturated heterocycles. The number of amides is 1. The average Bonchev–Trinajstić information content (AvgIpc) is 3.04. The molecule has 5 heteroatoms. The van der Waals surface area contributed by atoms with Gasteiger partial charge in [-0.3, -0.25) is 4.79 Å². The van der Waals surface area contributed by atoms with Crippen molar-refractivity contribution in [1.82, 2.24) is 10.6 Å². The maximum absolute atomic E-state index is 12.3. The van der Waals surface area contributed by atoms with Crippen LogP contribution in [-0.4, -0.2) is 36.8 Å². The second-order valence-electron chi connectivity index (χ2n) is 6.00. The third-order valence-corrected chi connectivity index (χ3v) is 4.17. The summed E-state index contributed by atoms with van der Waals surface area (Å²) in [6.45, 7) is 2.24. The standard InChI is InChI=1S/C19H22N2O3/c22-18-12-20-10-16(18)11-21-19(23)15-7-4-8-17(9-15)24-13-14-5-2-1-3-6-14/h1-9,16,18,20,22H,10-13H2,(H,21,23). The molecule has 126 valence electrons. The number of β-amino-alcohol motifs (C(OH)–C–C–N with tert-alkyl or cyclic N) is 1. The zero-order valence-electron chi connectivity index (χ0n) is 13.4. The lowest BCUT2D eigenvalue weighted by molar-refractivity contribution is 0.0926. The Balaban J connectivity index is 1.55. The number of nitrogens with one attached hydrogen (secondary N) is 2. The number of hydrogen-bond donors (Lipinski definition) is 3. The van der Waals surface area contributed by atoms with E-state index in [-0.39, 0.29) is 11.8 Å². The van der Waals surface area contributed by atoms with Gasteiger partial charge in [-0.25, -0.2) is 0 Å². The molecule has 0 spiro atoms. The van der Waals surface area contributed by atoms with Crippen molar-refractivity contribution in [3.05, 3.63) is 65.7 Å². The van der Waals surface area contributed by atoms with E-state index in [1.54, 1.807) is 18.2 Å². The van der Waals surface area contributed by atoms with Crippen molar-refractivity contribution < 1.29 is 14.6 Å². The van der Waals surface area contributed by atoms with Crippen LogP contribution in [0.25, 0.3) is 0 Å². The van der Waals surface area contributed by atoms with Crippen molar-refractivity contribution in [3.8, 4) is 5.75 Å². The van der Waals surface area contributed by atoms with Gasteiger partial charge in [-0.2, -0.15) is 0 Å². The number of hydrogen-bond acceptors (Lipinski definition) is 4. The Labute approximate surface area is 141 Å².